The zero-order valence-electron chi connectivity index (χ0n) is 8.90. The lowest BCUT2D eigenvalue weighted by molar-refractivity contribution is 0.0975. The zero-order chi connectivity index (χ0) is 10.7. The van der Waals surface area contributed by atoms with Crippen molar-refractivity contribution in [1.82, 2.24) is 4.98 Å². The van der Waals surface area contributed by atoms with Crippen molar-refractivity contribution in [2.75, 3.05) is 7.11 Å². The molecule has 0 spiro atoms. The summed E-state index contributed by atoms with van der Waals surface area (Å²) in [4.78, 5) is 15.8. The number of carbonyl (C=O) groups is 1. The summed E-state index contributed by atoms with van der Waals surface area (Å²) in [6.07, 6.45) is 7.45. The molecule has 80 valence electrons. The third-order valence-electron chi connectivity index (χ3n) is 2.78. The summed E-state index contributed by atoms with van der Waals surface area (Å²) in [6.45, 7) is 0. The first-order chi connectivity index (χ1) is 7.31. The van der Waals surface area contributed by atoms with Gasteiger partial charge in [-0.05, 0) is 18.4 Å². The summed E-state index contributed by atoms with van der Waals surface area (Å²) >= 11 is 0. The Hall–Kier alpha value is -1.38. The number of hydrogen-bond acceptors (Lipinski definition) is 3. The van der Waals surface area contributed by atoms with Gasteiger partial charge in [-0.2, -0.15) is 0 Å². The molecule has 1 saturated carbocycles. The predicted octanol–water partition coefficient (Wildman–Crippen LogP) is 2.46. The van der Waals surface area contributed by atoms with E-state index >= 15 is 0 Å². The Labute approximate surface area is 89.5 Å². The van der Waals surface area contributed by atoms with Crippen molar-refractivity contribution in [1.29, 1.82) is 0 Å². The lowest BCUT2D eigenvalue weighted by Crippen LogP contribution is -2.02. The molecule has 1 aromatic heterocycles. The van der Waals surface area contributed by atoms with Gasteiger partial charge in [-0.3, -0.25) is 9.78 Å². The number of carbonyl (C=O) groups excluding carboxylic acids is 1. The molecular formula is C12H15NO2. The van der Waals surface area contributed by atoms with Gasteiger partial charge in [0.2, 0.25) is 0 Å². The molecule has 15 heavy (non-hydrogen) atoms. The maximum atomic E-state index is 11.8. The topological polar surface area (TPSA) is 39.2 Å². The van der Waals surface area contributed by atoms with Crippen molar-refractivity contribution < 1.29 is 9.53 Å². The van der Waals surface area contributed by atoms with Crippen molar-refractivity contribution in [3.63, 3.8) is 0 Å². The predicted molar refractivity (Wildman–Crippen MR) is 57.1 cm³/mol. The van der Waals surface area contributed by atoms with Crippen LogP contribution < -0.4 is 4.74 Å². The Kier molecular flexibility index (Phi) is 2.99. The Balaban J connectivity index is 2.02. The van der Waals surface area contributed by atoms with Crippen molar-refractivity contribution in [2.45, 2.75) is 25.7 Å². The highest BCUT2D eigenvalue weighted by Crippen LogP contribution is 2.34. The molecule has 0 unspecified atom stereocenters. The van der Waals surface area contributed by atoms with E-state index in [0.717, 1.165) is 12.3 Å². The van der Waals surface area contributed by atoms with Crippen LogP contribution in [0.4, 0.5) is 0 Å². The molecule has 0 radical (unpaired) electrons. The van der Waals surface area contributed by atoms with Gasteiger partial charge in [0.05, 0.1) is 18.9 Å². The molecule has 0 aliphatic heterocycles. The van der Waals surface area contributed by atoms with E-state index < -0.39 is 0 Å². The van der Waals surface area contributed by atoms with Crippen LogP contribution >= 0.6 is 0 Å². The highest BCUT2D eigenvalue weighted by atomic mass is 16.5. The second-order valence-electron chi connectivity index (χ2n) is 3.98. The number of hydrogen-bond donors (Lipinski definition) is 0. The third-order valence-corrected chi connectivity index (χ3v) is 2.78. The molecule has 3 heteroatoms. The largest absolute Gasteiger partial charge is 0.494 e. The minimum Gasteiger partial charge on any atom is -0.494 e. The maximum Gasteiger partial charge on any atom is 0.166 e. The molecular weight excluding hydrogens is 190 g/mol. The van der Waals surface area contributed by atoms with Gasteiger partial charge in [0.25, 0.3) is 0 Å². The summed E-state index contributed by atoms with van der Waals surface area (Å²) in [5, 5.41) is 0. The van der Waals surface area contributed by atoms with Crippen molar-refractivity contribution >= 4 is 5.78 Å². The number of Topliss-reactive ketones (excluding diaryl/α,β-unsaturated/α-hetero) is 1. The molecule has 0 saturated heterocycles. The molecule has 2 rings (SSSR count). The molecule has 0 aromatic carbocycles. The van der Waals surface area contributed by atoms with E-state index in [-0.39, 0.29) is 5.78 Å². The Morgan fingerprint density at radius 2 is 2.40 bits per heavy atom. The fraction of sp³-hybridized carbons (Fsp3) is 0.500. The van der Waals surface area contributed by atoms with E-state index in [1.807, 2.05) is 0 Å². The average molecular weight is 205 g/mol. The summed E-state index contributed by atoms with van der Waals surface area (Å²) in [5.74, 6) is 1.54. The van der Waals surface area contributed by atoms with Crippen LogP contribution in [0.25, 0.3) is 0 Å². The number of methoxy groups -OCH3 is 1. The van der Waals surface area contributed by atoms with Crippen LogP contribution in [0.2, 0.25) is 0 Å². The smallest absolute Gasteiger partial charge is 0.166 e. The second-order valence-corrected chi connectivity index (χ2v) is 3.98. The number of ketones is 1. The van der Waals surface area contributed by atoms with E-state index in [9.17, 15) is 4.79 Å². The summed E-state index contributed by atoms with van der Waals surface area (Å²) in [5.41, 5.74) is 0.660. The molecule has 0 amide bonds. The van der Waals surface area contributed by atoms with Crippen LogP contribution in [-0.4, -0.2) is 17.9 Å². The van der Waals surface area contributed by atoms with E-state index in [1.54, 1.807) is 25.6 Å². The van der Waals surface area contributed by atoms with Gasteiger partial charge < -0.3 is 4.74 Å². The monoisotopic (exact) mass is 205 g/mol. The SMILES string of the molecule is COc1cnccc1C(=O)CCC1CC1. The van der Waals surface area contributed by atoms with Crippen LogP contribution in [0.5, 0.6) is 5.75 Å². The van der Waals surface area contributed by atoms with Crippen LogP contribution in [0.15, 0.2) is 18.5 Å². The lowest BCUT2D eigenvalue weighted by Gasteiger charge is -2.05. The van der Waals surface area contributed by atoms with E-state index in [1.165, 1.54) is 12.8 Å². The normalized spacial score (nSPS) is 15.0. The zero-order valence-corrected chi connectivity index (χ0v) is 8.90. The van der Waals surface area contributed by atoms with Gasteiger partial charge >= 0.3 is 0 Å². The van der Waals surface area contributed by atoms with Crippen LogP contribution in [-0.2, 0) is 0 Å². The summed E-state index contributed by atoms with van der Waals surface area (Å²) in [7, 11) is 1.56. The molecule has 0 atom stereocenters. The number of nitrogens with zero attached hydrogens (tertiary/aromatic N) is 1. The minimum atomic E-state index is 0.168. The molecule has 1 heterocycles. The minimum absolute atomic E-state index is 0.168. The van der Waals surface area contributed by atoms with Crippen LogP contribution in [0.3, 0.4) is 0 Å². The Morgan fingerprint density at radius 3 is 3.07 bits per heavy atom. The highest BCUT2D eigenvalue weighted by molar-refractivity contribution is 5.98. The lowest BCUT2D eigenvalue weighted by atomic mass is 10.1. The first kappa shape index (κ1) is 10.1. The van der Waals surface area contributed by atoms with Gasteiger partial charge in [-0.1, -0.05) is 12.8 Å². The van der Waals surface area contributed by atoms with Gasteiger partial charge in [-0.15, -0.1) is 0 Å². The number of aromatic nitrogens is 1. The van der Waals surface area contributed by atoms with E-state index in [4.69, 9.17) is 4.74 Å². The first-order valence-electron chi connectivity index (χ1n) is 5.32. The van der Waals surface area contributed by atoms with Gasteiger partial charge in [0.1, 0.15) is 5.75 Å². The Morgan fingerprint density at radius 1 is 1.60 bits per heavy atom. The van der Waals surface area contributed by atoms with Gasteiger partial charge in [0, 0.05) is 12.6 Å². The van der Waals surface area contributed by atoms with Gasteiger partial charge in [-0.25, -0.2) is 0 Å². The third kappa shape index (κ3) is 2.55. The van der Waals surface area contributed by atoms with E-state index in [0.29, 0.717) is 17.7 Å². The van der Waals surface area contributed by atoms with Crippen LogP contribution in [0.1, 0.15) is 36.0 Å². The summed E-state index contributed by atoms with van der Waals surface area (Å²) in [6, 6.07) is 1.73. The quantitative estimate of drug-likeness (QED) is 0.693. The van der Waals surface area contributed by atoms with Crippen molar-refractivity contribution in [2.24, 2.45) is 5.92 Å². The van der Waals surface area contributed by atoms with E-state index in [2.05, 4.69) is 4.98 Å². The van der Waals surface area contributed by atoms with Crippen molar-refractivity contribution in [3.05, 3.63) is 24.0 Å². The maximum absolute atomic E-state index is 11.8. The summed E-state index contributed by atoms with van der Waals surface area (Å²) < 4.78 is 5.11. The number of pyridine rings is 1. The molecule has 3 nitrogen and oxygen atoms in total. The molecule has 1 aliphatic rings. The second kappa shape index (κ2) is 4.43. The first-order valence-corrected chi connectivity index (χ1v) is 5.32. The fourth-order valence-electron chi connectivity index (χ4n) is 1.65. The highest BCUT2D eigenvalue weighted by Gasteiger charge is 2.22. The molecule has 1 fully saturated rings. The average Bonchev–Trinajstić information content (AvgIpc) is 3.09. The van der Waals surface area contributed by atoms with Gasteiger partial charge in [0.15, 0.2) is 5.78 Å². The molecule has 0 bridgehead atoms. The standard InChI is InChI=1S/C12H15NO2/c1-15-12-8-13-7-6-10(12)11(14)5-4-9-2-3-9/h6-9H,2-5H2,1H3. The molecule has 1 aliphatic carbocycles. The molecule has 0 N–H and O–H groups in total. The molecule has 1 aromatic rings. The van der Waals surface area contributed by atoms with Crippen LogP contribution in [0, 0.1) is 5.92 Å². The fourth-order valence-corrected chi connectivity index (χ4v) is 1.65. The number of ether oxygens (including phenoxy) is 1. The Bertz CT molecular complexity index is 358. The van der Waals surface area contributed by atoms with Crippen molar-refractivity contribution in [3.8, 4) is 5.75 Å². The number of rotatable bonds is 5.